The summed E-state index contributed by atoms with van der Waals surface area (Å²) in [6, 6.07) is 15.8. The molecule has 1 saturated heterocycles. The number of aromatic amines is 1. The van der Waals surface area contributed by atoms with Crippen LogP contribution in [0.15, 0.2) is 48.5 Å². The minimum Gasteiger partial charge on any atom is -0.351 e. The second-order valence-corrected chi connectivity index (χ2v) is 7.45. The van der Waals surface area contributed by atoms with Gasteiger partial charge in [0.15, 0.2) is 5.69 Å². The normalized spacial score (nSPS) is 14.9. The molecule has 0 radical (unpaired) electrons. The smallest absolute Gasteiger partial charge is 0.275 e. The highest BCUT2D eigenvalue weighted by Crippen LogP contribution is 2.19. The lowest BCUT2D eigenvalue weighted by Crippen LogP contribution is -2.51. The van der Waals surface area contributed by atoms with Gasteiger partial charge in [0.25, 0.3) is 5.91 Å². The molecule has 0 unspecified atom stereocenters. The molecular weight excluding hydrogens is 366 g/mol. The van der Waals surface area contributed by atoms with Gasteiger partial charge in [0, 0.05) is 38.1 Å². The van der Waals surface area contributed by atoms with E-state index in [1.807, 2.05) is 60.4 Å². The number of piperazine rings is 1. The third-order valence-corrected chi connectivity index (χ3v) is 5.28. The van der Waals surface area contributed by atoms with Crippen molar-refractivity contribution >= 4 is 22.7 Å². The SMILES string of the molecule is Cc1ccc2[nH]nc(C(=O)N3CCN(CC(=O)NCc4ccccc4)CC3)c2c1. The molecule has 0 atom stereocenters. The number of aryl methyl sites for hydroxylation is 1. The van der Waals surface area contributed by atoms with Crippen LogP contribution in [0.4, 0.5) is 0 Å². The van der Waals surface area contributed by atoms with Crippen LogP contribution in [0.25, 0.3) is 10.9 Å². The second kappa shape index (κ2) is 8.45. The molecule has 150 valence electrons. The summed E-state index contributed by atoms with van der Waals surface area (Å²) < 4.78 is 0. The van der Waals surface area contributed by atoms with Crippen LogP contribution in [-0.2, 0) is 11.3 Å². The Morgan fingerprint density at radius 3 is 2.59 bits per heavy atom. The van der Waals surface area contributed by atoms with Gasteiger partial charge in [-0.1, -0.05) is 42.0 Å². The van der Waals surface area contributed by atoms with E-state index in [0.29, 0.717) is 45.0 Å². The van der Waals surface area contributed by atoms with E-state index in [0.717, 1.165) is 22.0 Å². The number of hydrogen-bond donors (Lipinski definition) is 2. The number of fused-ring (bicyclic) bond motifs is 1. The summed E-state index contributed by atoms with van der Waals surface area (Å²) in [5.41, 5.74) is 3.52. The zero-order valence-electron chi connectivity index (χ0n) is 16.5. The Morgan fingerprint density at radius 2 is 1.83 bits per heavy atom. The Hall–Kier alpha value is -3.19. The molecule has 7 heteroatoms. The Morgan fingerprint density at radius 1 is 1.07 bits per heavy atom. The van der Waals surface area contributed by atoms with Gasteiger partial charge >= 0.3 is 0 Å². The predicted octanol–water partition coefficient (Wildman–Crippen LogP) is 1.95. The lowest BCUT2D eigenvalue weighted by atomic mass is 10.1. The number of carbonyl (C=O) groups excluding carboxylic acids is 2. The number of rotatable bonds is 5. The maximum atomic E-state index is 12.9. The summed E-state index contributed by atoms with van der Waals surface area (Å²) in [5, 5.41) is 11.0. The maximum Gasteiger partial charge on any atom is 0.275 e. The number of nitrogens with one attached hydrogen (secondary N) is 2. The van der Waals surface area contributed by atoms with Gasteiger partial charge in [-0.05, 0) is 24.6 Å². The van der Waals surface area contributed by atoms with E-state index < -0.39 is 0 Å². The van der Waals surface area contributed by atoms with E-state index in [-0.39, 0.29) is 11.8 Å². The summed E-state index contributed by atoms with van der Waals surface area (Å²) >= 11 is 0. The molecule has 1 aliphatic heterocycles. The van der Waals surface area contributed by atoms with Crippen LogP contribution in [0, 0.1) is 6.92 Å². The Balaban J connectivity index is 1.29. The van der Waals surface area contributed by atoms with E-state index in [9.17, 15) is 9.59 Å². The summed E-state index contributed by atoms with van der Waals surface area (Å²) in [5.74, 6) is -0.0579. The topological polar surface area (TPSA) is 81.3 Å². The van der Waals surface area contributed by atoms with Gasteiger partial charge in [-0.15, -0.1) is 0 Å². The molecule has 2 amide bonds. The van der Waals surface area contributed by atoms with Gasteiger partial charge in [0.05, 0.1) is 12.1 Å². The fourth-order valence-electron chi connectivity index (χ4n) is 3.61. The first kappa shape index (κ1) is 19.1. The number of nitrogens with zero attached hydrogens (tertiary/aromatic N) is 3. The molecule has 0 aliphatic carbocycles. The molecule has 1 aromatic heterocycles. The van der Waals surface area contributed by atoms with Crippen molar-refractivity contribution in [2.24, 2.45) is 0 Å². The lowest BCUT2D eigenvalue weighted by Gasteiger charge is -2.34. The van der Waals surface area contributed by atoms with Crippen molar-refractivity contribution in [3.63, 3.8) is 0 Å². The second-order valence-electron chi connectivity index (χ2n) is 7.45. The molecule has 4 rings (SSSR count). The fourth-order valence-corrected chi connectivity index (χ4v) is 3.61. The van der Waals surface area contributed by atoms with Crippen LogP contribution in [0.1, 0.15) is 21.6 Å². The van der Waals surface area contributed by atoms with Crippen molar-refractivity contribution < 1.29 is 9.59 Å². The highest BCUT2D eigenvalue weighted by atomic mass is 16.2. The third-order valence-electron chi connectivity index (χ3n) is 5.28. The highest BCUT2D eigenvalue weighted by Gasteiger charge is 2.26. The van der Waals surface area contributed by atoms with E-state index in [1.165, 1.54) is 0 Å². The molecule has 3 aromatic rings. The zero-order chi connectivity index (χ0) is 20.2. The largest absolute Gasteiger partial charge is 0.351 e. The molecule has 0 bridgehead atoms. The summed E-state index contributed by atoms with van der Waals surface area (Å²) in [7, 11) is 0. The maximum absolute atomic E-state index is 12.9. The van der Waals surface area contributed by atoms with Crippen LogP contribution >= 0.6 is 0 Å². The first-order chi connectivity index (χ1) is 14.1. The van der Waals surface area contributed by atoms with Crippen molar-refractivity contribution in [1.29, 1.82) is 0 Å². The highest BCUT2D eigenvalue weighted by molar-refractivity contribution is 6.04. The molecule has 2 aromatic carbocycles. The average molecular weight is 391 g/mol. The van der Waals surface area contributed by atoms with Crippen LogP contribution in [0.5, 0.6) is 0 Å². The molecule has 29 heavy (non-hydrogen) atoms. The fraction of sp³-hybridized carbons (Fsp3) is 0.318. The lowest BCUT2D eigenvalue weighted by molar-refractivity contribution is -0.122. The van der Waals surface area contributed by atoms with Crippen molar-refractivity contribution in [1.82, 2.24) is 25.3 Å². The minimum absolute atomic E-state index is 0.00222. The van der Waals surface area contributed by atoms with Crippen molar-refractivity contribution in [3.8, 4) is 0 Å². The molecule has 2 heterocycles. The number of hydrogen-bond acceptors (Lipinski definition) is 4. The van der Waals surface area contributed by atoms with Crippen LogP contribution in [0.3, 0.4) is 0 Å². The average Bonchev–Trinajstić information content (AvgIpc) is 3.16. The number of amides is 2. The molecule has 0 spiro atoms. The summed E-state index contributed by atoms with van der Waals surface area (Å²) in [6.07, 6.45) is 0. The quantitative estimate of drug-likeness (QED) is 0.697. The summed E-state index contributed by atoms with van der Waals surface area (Å²) in [4.78, 5) is 29.0. The van der Waals surface area contributed by atoms with Crippen LogP contribution in [0.2, 0.25) is 0 Å². The predicted molar refractivity (Wildman–Crippen MR) is 111 cm³/mol. The Bertz CT molecular complexity index is 1010. The van der Waals surface area contributed by atoms with Crippen molar-refractivity contribution in [2.45, 2.75) is 13.5 Å². The van der Waals surface area contributed by atoms with Crippen LogP contribution in [-0.4, -0.2) is 64.5 Å². The Labute approximate surface area is 169 Å². The summed E-state index contributed by atoms with van der Waals surface area (Å²) in [6.45, 7) is 5.40. The van der Waals surface area contributed by atoms with Gasteiger partial charge < -0.3 is 10.2 Å². The van der Waals surface area contributed by atoms with E-state index >= 15 is 0 Å². The van der Waals surface area contributed by atoms with Crippen molar-refractivity contribution in [2.75, 3.05) is 32.7 Å². The van der Waals surface area contributed by atoms with Gasteiger partial charge in [0.1, 0.15) is 0 Å². The Kier molecular flexibility index (Phi) is 5.57. The molecule has 1 fully saturated rings. The first-order valence-corrected chi connectivity index (χ1v) is 9.87. The van der Waals surface area contributed by atoms with E-state index in [1.54, 1.807) is 0 Å². The minimum atomic E-state index is -0.0602. The third kappa shape index (κ3) is 4.46. The number of aromatic nitrogens is 2. The molecule has 0 saturated carbocycles. The monoisotopic (exact) mass is 391 g/mol. The van der Waals surface area contributed by atoms with Gasteiger partial charge in [-0.3, -0.25) is 19.6 Å². The number of H-pyrrole nitrogens is 1. The van der Waals surface area contributed by atoms with E-state index in [2.05, 4.69) is 20.4 Å². The molecular formula is C22H25N5O2. The van der Waals surface area contributed by atoms with Gasteiger partial charge in [-0.25, -0.2) is 0 Å². The number of benzene rings is 2. The number of carbonyl (C=O) groups is 2. The molecule has 7 nitrogen and oxygen atoms in total. The molecule has 2 N–H and O–H groups in total. The van der Waals surface area contributed by atoms with E-state index in [4.69, 9.17) is 0 Å². The van der Waals surface area contributed by atoms with Crippen molar-refractivity contribution in [3.05, 3.63) is 65.4 Å². The van der Waals surface area contributed by atoms with Gasteiger partial charge in [-0.2, -0.15) is 5.10 Å². The van der Waals surface area contributed by atoms with Crippen LogP contribution < -0.4 is 5.32 Å². The standard InChI is InChI=1S/C22H25N5O2/c1-16-7-8-19-18(13-16)21(25-24-19)22(29)27-11-9-26(10-12-27)15-20(28)23-14-17-5-3-2-4-6-17/h2-8,13H,9-12,14-15H2,1H3,(H,23,28)(H,24,25). The first-order valence-electron chi connectivity index (χ1n) is 9.87. The zero-order valence-corrected chi connectivity index (χ0v) is 16.5. The van der Waals surface area contributed by atoms with Gasteiger partial charge in [0.2, 0.25) is 5.91 Å². The molecule has 1 aliphatic rings.